The number of hydrogen-bond donors (Lipinski definition) is 2. The summed E-state index contributed by atoms with van der Waals surface area (Å²) < 4.78 is 1.73. The molecule has 1 unspecified atom stereocenters. The molecule has 0 fully saturated rings. The van der Waals surface area contributed by atoms with Crippen LogP contribution in [0.15, 0.2) is 65.6 Å². The highest BCUT2D eigenvalue weighted by Gasteiger charge is 2.18. The van der Waals surface area contributed by atoms with E-state index in [4.69, 9.17) is 17.3 Å². The van der Waals surface area contributed by atoms with Crippen molar-refractivity contribution in [2.75, 3.05) is 11.1 Å². The van der Waals surface area contributed by atoms with E-state index in [0.29, 0.717) is 16.2 Å². The van der Waals surface area contributed by atoms with E-state index in [-0.39, 0.29) is 17.5 Å². The van der Waals surface area contributed by atoms with Gasteiger partial charge in [-0.3, -0.25) is 9.36 Å². The largest absolute Gasteiger partial charge is 0.368 e. The van der Waals surface area contributed by atoms with Crippen LogP contribution in [0.25, 0.3) is 16.5 Å². The SMILES string of the molecule is Cc1cccc2cc(C(C)Nc3nc(N)ncc3Cl)n(-c3ccccc3)c(=O)c12. The number of nitrogens with one attached hydrogen (secondary N) is 1. The lowest BCUT2D eigenvalue weighted by Crippen LogP contribution is -2.26. The molecule has 0 aliphatic carbocycles. The fraction of sp³-hybridized carbons (Fsp3) is 0.136. The molecule has 4 rings (SSSR count). The third kappa shape index (κ3) is 3.54. The van der Waals surface area contributed by atoms with E-state index in [1.807, 2.05) is 68.4 Å². The van der Waals surface area contributed by atoms with Gasteiger partial charge in [0.1, 0.15) is 5.02 Å². The van der Waals surface area contributed by atoms with Crippen LogP contribution in [0, 0.1) is 6.92 Å². The number of aryl methyl sites for hydroxylation is 1. The number of halogens is 1. The van der Waals surface area contributed by atoms with Crippen molar-refractivity contribution in [3.63, 3.8) is 0 Å². The topological polar surface area (TPSA) is 85.8 Å². The number of anilines is 2. The van der Waals surface area contributed by atoms with Crippen LogP contribution >= 0.6 is 11.6 Å². The van der Waals surface area contributed by atoms with Crippen LogP contribution in [0.1, 0.15) is 24.2 Å². The molecule has 146 valence electrons. The van der Waals surface area contributed by atoms with Crippen molar-refractivity contribution in [1.82, 2.24) is 14.5 Å². The number of pyridine rings is 1. The van der Waals surface area contributed by atoms with Gasteiger partial charge in [-0.15, -0.1) is 0 Å². The predicted molar refractivity (Wildman–Crippen MR) is 118 cm³/mol. The van der Waals surface area contributed by atoms with Gasteiger partial charge in [0.2, 0.25) is 5.95 Å². The van der Waals surface area contributed by atoms with Crippen LogP contribution in [0.4, 0.5) is 11.8 Å². The Morgan fingerprint density at radius 3 is 2.66 bits per heavy atom. The highest BCUT2D eigenvalue weighted by Crippen LogP contribution is 2.27. The number of aromatic nitrogens is 3. The molecule has 1 atom stereocenters. The lowest BCUT2D eigenvalue weighted by Gasteiger charge is -2.22. The molecule has 7 heteroatoms. The number of rotatable bonds is 4. The zero-order valence-corrected chi connectivity index (χ0v) is 16.8. The normalized spacial score (nSPS) is 12.1. The van der Waals surface area contributed by atoms with Crippen molar-refractivity contribution >= 4 is 34.1 Å². The van der Waals surface area contributed by atoms with Crippen LogP contribution < -0.4 is 16.6 Å². The maximum Gasteiger partial charge on any atom is 0.263 e. The van der Waals surface area contributed by atoms with E-state index in [1.165, 1.54) is 6.20 Å². The van der Waals surface area contributed by atoms with E-state index in [2.05, 4.69) is 15.3 Å². The second-order valence-corrected chi connectivity index (χ2v) is 7.28. The zero-order valence-electron chi connectivity index (χ0n) is 16.1. The molecule has 29 heavy (non-hydrogen) atoms. The average molecular weight is 406 g/mol. The molecule has 0 bridgehead atoms. The summed E-state index contributed by atoms with van der Waals surface area (Å²) >= 11 is 6.22. The number of fused-ring (bicyclic) bond motifs is 1. The van der Waals surface area contributed by atoms with Crippen molar-refractivity contribution in [3.8, 4) is 5.69 Å². The monoisotopic (exact) mass is 405 g/mol. The Hall–Kier alpha value is -3.38. The Labute approximate surface area is 173 Å². The highest BCUT2D eigenvalue weighted by atomic mass is 35.5. The van der Waals surface area contributed by atoms with Crippen LogP contribution in [0.3, 0.4) is 0 Å². The lowest BCUT2D eigenvalue weighted by molar-refractivity contribution is 0.773. The standard InChI is InChI=1S/C22H20ClN5O/c1-13-7-6-8-15-11-18(14(2)26-20-17(23)12-25-22(24)27-20)28(21(29)19(13)15)16-9-4-3-5-10-16/h3-12,14H,1-2H3,(H3,24,25,26,27). The van der Waals surface area contributed by atoms with Gasteiger partial charge in [-0.2, -0.15) is 4.98 Å². The van der Waals surface area contributed by atoms with Gasteiger partial charge >= 0.3 is 0 Å². The average Bonchev–Trinajstić information content (AvgIpc) is 2.71. The Kier molecular flexibility index (Phi) is 4.94. The number of hydrogen-bond acceptors (Lipinski definition) is 5. The summed E-state index contributed by atoms with van der Waals surface area (Å²) in [5.74, 6) is 0.543. The first-order valence-electron chi connectivity index (χ1n) is 9.21. The minimum absolute atomic E-state index is 0.0660. The van der Waals surface area contributed by atoms with Gasteiger partial charge in [-0.25, -0.2) is 4.98 Å². The van der Waals surface area contributed by atoms with E-state index in [1.54, 1.807) is 4.57 Å². The number of nitrogens with zero attached hydrogens (tertiary/aromatic N) is 3. The summed E-state index contributed by atoms with van der Waals surface area (Å²) in [7, 11) is 0. The molecule has 2 aromatic carbocycles. The first kappa shape index (κ1) is 19.0. The number of para-hydroxylation sites is 1. The van der Waals surface area contributed by atoms with Gasteiger partial charge in [0.25, 0.3) is 5.56 Å². The van der Waals surface area contributed by atoms with Crippen molar-refractivity contribution in [2.24, 2.45) is 0 Å². The molecular formula is C22H20ClN5O. The molecule has 0 saturated heterocycles. The third-order valence-corrected chi connectivity index (χ3v) is 5.13. The summed E-state index contributed by atoms with van der Waals surface area (Å²) in [6.07, 6.45) is 1.45. The van der Waals surface area contributed by atoms with Crippen LogP contribution in [-0.2, 0) is 0 Å². The van der Waals surface area contributed by atoms with Crippen LogP contribution in [-0.4, -0.2) is 14.5 Å². The fourth-order valence-electron chi connectivity index (χ4n) is 3.48. The van der Waals surface area contributed by atoms with Crippen molar-refractivity contribution in [1.29, 1.82) is 0 Å². The molecule has 0 amide bonds. The van der Waals surface area contributed by atoms with Gasteiger partial charge in [-0.1, -0.05) is 48.0 Å². The predicted octanol–water partition coefficient (Wildman–Crippen LogP) is 4.50. The first-order valence-corrected chi connectivity index (χ1v) is 9.59. The van der Waals surface area contributed by atoms with E-state index < -0.39 is 0 Å². The minimum Gasteiger partial charge on any atom is -0.368 e. The Balaban J connectivity index is 1.93. The summed E-state index contributed by atoms with van der Waals surface area (Å²) in [4.78, 5) is 21.6. The quantitative estimate of drug-likeness (QED) is 0.522. The second-order valence-electron chi connectivity index (χ2n) is 6.88. The molecule has 0 aliphatic rings. The summed E-state index contributed by atoms with van der Waals surface area (Å²) in [6, 6.07) is 17.2. The Morgan fingerprint density at radius 2 is 1.90 bits per heavy atom. The maximum absolute atomic E-state index is 13.5. The molecule has 4 aromatic rings. The molecule has 0 spiro atoms. The van der Waals surface area contributed by atoms with Gasteiger partial charge in [0, 0.05) is 11.4 Å². The molecule has 2 heterocycles. The number of nitrogen functional groups attached to an aromatic ring is 1. The van der Waals surface area contributed by atoms with Crippen molar-refractivity contribution < 1.29 is 0 Å². The summed E-state index contributed by atoms with van der Waals surface area (Å²) in [5, 5.41) is 5.21. The Bertz CT molecular complexity index is 1250. The van der Waals surface area contributed by atoms with E-state index in [0.717, 1.165) is 22.3 Å². The van der Waals surface area contributed by atoms with Crippen molar-refractivity contribution in [2.45, 2.75) is 19.9 Å². The Morgan fingerprint density at radius 1 is 1.14 bits per heavy atom. The van der Waals surface area contributed by atoms with Crippen LogP contribution in [0.5, 0.6) is 0 Å². The molecule has 3 N–H and O–H groups in total. The van der Waals surface area contributed by atoms with E-state index in [9.17, 15) is 4.79 Å². The van der Waals surface area contributed by atoms with Gasteiger partial charge in [0.15, 0.2) is 5.82 Å². The number of nitrogens with two attached hydrogens (primary N) is 1. The molecule has 2 aromatic heterocycles. The second kappa shape index (κ2) is 7.56. The molecule has 0 aliphatic heterocycles. The van der Waals surface area contributed by atoms with Crippen LogP contribution in [0.2, 0.25) is 5.02 Å². The number of benzene rings is 2. The smallest absolute Gasteiger partial charge is 0.263 e. The fourth-order valence-corrected chi connectivity index (χ4v) is 3.62. The third-order valence-electron chi connectivity index (χ3n) is 4.86. The molecular weight excluding hydrogens is 386 g/mol. The summed E-state index contributed by atoms with van der Waals surface area (Å²) in [6.45, 7) is 3.90. The minimum atomic E-state index is -0.278. The first-order chi connectivity index (χ1) is 14.0. The van der Waals surface area contributed by atoms with E-state index >= 15 is 0 Å². The lowest BCUT2D eigenvalue weighted by atomic mass is 10.0. The molecule has 6 nitrogen and oxygen atoms in total. The van der Waals surface area contributed by atoms with Crippen molar-refractivity contribution in [3.05, 3.63) is 87.4 Å². The van der Waals surface area contributed by atoms with Gasteiger partial charge in [0.05, 0.1) is 17.6 Å². The highest BCUT2D eigenvalue weighted by molar-refractivity contribution is 6.32. The molecule has 0 saturated carbocycles. The molecule has 0 radical (unpaired) electrons. The maximum atomic E-state index is 13.5. The van der Waals surface area contributed by atoms with Gasteiger partial charge in [-0.05, 0) is 43.0 Å². The zero-order chi connectivity index (χ0) is 20.5. The summed E-state index contributed by atoms with van der Waals surface area (Å²) in [5.41, 5.74) is 8.15. The van der Waals surface area contributed by atoms with Gasteiger partial charge < -0.3 is 11.1 Å².